The Morgan fingerprint density at radius 1 is 1.42 bits per heavy atom. The number of aliphatic imine (C=N–C) groups is 1. The van der Waals surface area contributed by atoms with Gasteiger partial charge in [-0.2, -0.15) is 5.10 Å². The van der Waals surface area contributed by atoms with Crippen LogP contribution in [0.3, 0.4) is 0 Å². The first-order valence-corrected chi connectivity index (χ1v) is 8.96. The number of benzene rings is 1. The summed E-state index contributed by atoms with van der Waals surface area (Å²) in [6, 6.07) is 7.99. The van der Waals surface area contributed by atoms with Crippen LogP contribution in [0.5, 0.6) is 5.75 Å². The molecule has 1 aliphatic rings. The summed E-state index contributed by atoms with van der Waals surface area (Å²) < 4.78 is 13.2. The third-order valence-electron chi connectivity index (χ3n) is 4.39. The molecule has 0 spiro atoms. The van der Waals surface area contributed by atoms with Crippen molar-refractivity contribution in [1.29, 1.82) is 0 Å². The molecule has 3 rings (SSSR count). The zero-order chi connectivity index (χ0) is 18.4. The van der Waals surface area contributed by atoms with Gasteiger partial charge in [0.2, 0.25) is 0 Å². The third-order valence-corrected chi connectivity index (χ3v) is 4.39. The van der Waals surface area contributed by atoms with Crippen molar-refractivity contribution in [1.82, 2.24) is 20.0 Å². The lowest BCUT2D eigenvalue weighted by Crippen LogP contribution is -2.48. The van der Waals surface area contributed by atoms with Gasteiger partial charge < -0.3 is 19.7 Å². The summed E-state index contributed by atoms with van der Waals surface area (Å²) in [6.07, 6.45) is 3.88. The number of hydrogen-bond acceptors (Lipinski definition) is 4. The minimum absolute atomic E-state index is 0.00701. The van der Waals surface area contributed by atoms with E-state index in [0.717, 1.165) is 42.5 Å². The van der Waals surface area contributed by atoms with E-state index < -0.39 is 0 Å². The van der Waals surface area contributed by atoms with E-state index in [4.69, 9.17) is 14.5 Å². The fraction of sp³-hybridized carbons (Fsp3) is 0.474. The standard InChI is InChI=1S/C19H27N5O2/c1-4-20-19(21-11-15-7-5-6-8-17(15)25-3)24-9-10-26-18(14-24)16-12-22-23(2)13-16/h5-8,12-13,18H,4,9-11,14H2,1-3H3,(H,20,21). The van der Waals surface area contributed by atoms with E-state index in [2.05, 4.69) is 22.2 Å². The molecule has 1 N–H and O–H groups in total. The summed E-state index contributed by atoms with van der Waals surface area (Å²) in [4.78, 5) is 7.07. The van der Waals surface area contributed by atoms with Gasteiger partial charge in [-0.05, 0) is 13.0 Å². The second-order valence-corrected chi connectivity index (χ2v) is 6.23. The Hall–Kier alpha value is -2.54. The van der Waals surface area contributed by atoms with Crippen LogP contribution >= 0.6 is 0 Å². The summed E-state index contributed by atoms with van der Waals surface area (Å²) in [6.45, 7) is 5.70. The Labute approximate surface area is 154 Å². The lowest BCUT2D eigenvalue weighted by Gasteiger charge is -2.34. The molecule has 140 valence electrons. The van der Waals surface area contributed by atoms with Crippen LogP contribution in [-0.4, -0.2) is 54.0 Å². The predicted octanol–water partition coefficient (Wildman–Crippen LogP) is 1.97. The number of nitrogens with zero attached hydrogens (tertiary/aromatic N) is 4. The van der Waals surface area contributed by atoms with Gasteiger partial charge >= 0.3 is 0 Å². The average molecular weight is 357 g/mol. The van der Waals surface area contributed by atoms with Crippen molar-refractivity contribution >= 4 is 5.96 Å². The zero-order valence-electron chi connectivity index (χ0n) is 15.7. The SMILES string of the molecule is CCNC(=NCc1ccccc1OC)N1CCOC(c2cnn(C)c2)C1. The van der Waals surface area contributed by atoms with Gasteiger partial charge in [0.25, 0.3) is 0 Å². The Bertz CT molecular complexity index is 743. The summed E-state index contributed by atoms with van der Waals surface area (Å²) in [5.41, 5.74) is 2.17. The molecule has 2 aromatic rings. The largest absolute Gasteiger partial charge is 0.496 e. The predicted molar refractivity (Wildman–Crippen MR) is 101 cm³/mol. The maximum Gasteiger partial charge on any atom is 0.194 e. The van der Waals surface area contributed by atoms with Crippen LogP contribution in [-0.2, 0) is 18.3 Å². The van der Waals surface area contributed by atoms with Gasteiger partial charge in [0.05, 0.1) is 33.0 Å². The second-order valence-electron chi connectivity index (χ2n) is 6.23. The van der Waals surface area contributed by atoms with Crippen LogP contribution in [0, 0.1) is 0 Å². The van der Waals surface area contributed by atoms with Crippen molar-refractivity contribution in [2.45, 2.75) is 19.6 Å². The Morgan fingerprint density at radius 3 is 3.00 bits per heavy atom. The van der Waals surface area contributed by atoms with Crippen molar-refractivity contribution in [3.8, 4) is 5.75 Å². The quantitative estimate of drug-likeness (QED) is 0.655. The normalized spacial score (nSPS) is 18.0. The number of rotatable bonds is 5. The van der Waals surface area contributed by atoms with E-state index in [1.54, 1.807) is 11.8 Å². The number of nitrogens with one attached hydrogen (secondary N) is 1. The van der Waals surface area contributed by atoms with Crippen molar-refractivity contribution in [2.75, 3.05) is 33.4 Å². The first-order chi connectivity index (χ1) is 12.7. The highest BCUT2D eigenvalue weighted by molar-refractivity contribution is 5.80. The van der Waals surface area contributed by atoms with Gasteiger partial charge in [0.15, 0.2) is 5.96 Å². The monoisotopic (exact) mass is 357 g/mol. The highest BCUT2D eigenvalue weighted by Gasteiger charge is 2.25. The Kier molecular flexibility index (Phi) is 6.12. The topological polar surface area (TPSA) is 63.9 Å². The smallest absolute Gasteiger partial charge is 0.194 e. The molecule has 1 aliphatic heterocycles. The van der Waals surface area contributed by atoms with Gasteiger partial charge in [-0.25, -0.2) is 4.99 Å². The maximum absolute atomic E-state index is 5.94. The van der Waals surface area contributed by atoms with E-state index >= 15 is 0 Å². The number of guanidine groups is 1. The van der Waals surface area contributed by atoms with Crippen molar-refractivity contribution in [3.05, 3.63) is 47.8 Å². The minimum Gasteiger partial charge on any atom is -0.496 e. The Balaban J connectivity index is 1.73. The lowest BCUT2D eigenvalue weighted by atomic mass is 10.1. The first kappa shape index (κ1) is 18.3. The molecule has 2 heterocycles. The van der Waals surface area contributed by atoms with E-state index in [0.29, 0.717) is 13.2 Å². The summed E-state index contributed by atoms with van der Waals surface area (Å²) in [5.74, 6) is 1.76. The molecule has 0 radical (unpaired) electrons. The van der Waals surface area contributed by atoms with Gasteiger partial charge in [-0.15, -0.1) is 0 Å². The van der Waals surface area contributed by atoms with Crippen LogP contribution in [0.25, 0.3) is 0 Å². The van der Waals surface area contributed by atoms with E-state index in [1.807, 2.05) is 43.7 Å². The number of hydrogen-bond donors (Lipinski definition) is 1. The fourth-order valence-corrected chi connectivity index (χ4v) is 3.07. The van der Waals surface area contributed by atoms with E-state index in [9.17, 15) is 0 Å². The Morgan fingerprint density at radius 2 is 2.27 bits per heavy atom. The molecule has 1 aromatic heterocycles. The molecule has 0 saturated carbocycles. The highest BCUT2D eigenvalue weighted by atomic mass is 16.5. The number of aromatic nitrogens is 2. The molecular weight excluding hydrogens is 330 g/mol. The summed E-state index contributed by atoms with van der Waals surface area (Å²) in [7, 11) is 3.61. The molecular formula is C19H27N5O2. The molecule has 1 unspecified atom stereocenters. The van der Waals surface area contributed by atoms with Gasteiger partial charge in [-0.1, -0.05) is 18.2 Å². The molecule has 0 amide bonds. The molecule has 1 aromatic carbocycles. The van der Waals surface area contributed by atoms with Crippen molar-refractivity contribution < 1.29 is 9.47 Å². The van der Waals surface area contributed by atoms with Crippen LogP contribution in [0.1, 0.15) is 24.2 Å². The van der Waals surface area contributed by atoms with Crippen LogP contribution in [0.2, 0.25) is 0 Å². The molecule has 0 bridgehead atoms. The summed E-state index contributed by atoms with van der Waals surface area (Å²) in [5, 5.41) is 7.65. The molecule has 0 aliphatic carbocycles. The van der Waals surface area contributed by atoms with Gasteiger partial charge in [-0.3, -0.25) is 4.68 Å². The number of ether oxygens (including phenoxy) is 2. The van der Waals surface area contributed by atoms with Crippen molar-refractivity contribution in [2.24, 2.45) is 12.0 Å². The first-order valence-electron chi connectivity index (χ1n) is 8.96. The summed E-state index contributed by atoms with van der Waals surface area (Å²) >= 11 is 0. The average Bonchev–Trinajstić information content (AvgIpc) is 3.12. The molecule has 7 nitrogen and oxygen atoms in total. The van der Waals surface area contributed by atoms with Gasteiger partial charge in [0.1, 0.15) is 11.9 Å². The molecule has 26 heavy (non-hydrogen) atoms. The number of aryl methyl sites for hydroxylation is 1. The van der Waals surface area contributed by atoms with Gasteiger partial charge in [0, 0.05) is 37.5 Å². The minimum atomic E-state index is 0.00701. The number of para-hydroxylation sites is 1. The lowest BCUT2D eigenvalue weighted by molar-refractivity contribution is -0.00805. The van der Waals surface area contributed by atoms with E-state index in [1.165, 1.54) is 0 Å². The highest BCUT2D eigenvalue weighted by Crippen LogP contribution is 2.22. The zero-order valence-corrected chi connectivity index (χ0v) is 15.7. The van der Waals surface area contributed by atoms with Crippen LogP contribution < -0.4 is 10.1 Å². The maximum atomic E-state index is 5.94. The van der Waals surface area contributed by atoms with Crippen molar-refractivity contribution in [3.63, 3.8) is 0 Å². The molecule has 1 atom stereocenters. The molecule has 1 saturated heterocycles. The fourth-order valence-electron chi connectivity index (χ4n) is 3.07. The molecule has 1 fully saturated rings. The van der Waals surface area contributed by atoms with E-state index in [-0.39, 0.29) is 6.10 Å². The number of methoxy groups -OCH3 is 1. The number of morpholine rings is 1. The second kappa shape index (κ2) is 8.71. The third kappa shape index (κ3) is 4.35. The van der Waals surface area contributed by atoms with Crippen LogP contribution in [0.15, 0.2) is 41.7 Å². The molecule has 7 heteroatoms. The van der Waals surface area contributed by atoms with Crippen LogP contribution in [0.4, 0.5) is 0 Å².